The first kappa shape index (κ1) is 13.2. The van der Waals surface area contributed by atoms with Crippen LogP contribution in [0.1, 0.15) is 18.3 Å². The average Bonchev–Trinajstić information content (AvgIpc) is 2.64. The summed E-state index contributed by atoms with van der Waals surface area (Å²) in [6.07, 6.45) is 2.50. The van der Waals surface area contributed by atoms with E-state index >= 15 is 0 Å². The Morgan fingerprint density at radius 3 is 2.78 bits per heavy atom. The van der Waals surface area contributed by atoms with Crippen LogP contribution in [-0.2, 0) is 19.2 Å². The number of anilines is 1. The lowest BCUT2D eigenvalue weighted by molar-refractivity contribution is 0.720. The number of thioether (sulfide) groups is 1. The number of rotatable bonds is 4. The average molecular weight is 283 g/mol. The normalized spacial score (nSPS) is 10.8. The Kier molecular flexibility index (Phi) is 4.14. The molecule has 0 saturated heterocycles. The van der Waals surface area contributed by atoms with E-state index in [1.54, 1.807) is 18.0 Å². The largest absolute Gasteiger partial charge is 0.397 e. The van der Waals surface area contributed by atoms with E-state index in [0.717, 1.165) is 33.6 Å². The minimum Gasteiger partial charge on any atom is -0.397 e. The third-order valence-electron chi connectivity index (χ3n) is 2.62. The molecule has 2 rings (SSSR count). The van der Waals surface area contributed by atoms with E-state index in [2.05, 4.69) is 10.1 Å². The van der Waals surface area contributed by atoms with Crippen molar-refractivity contribution in [3.05, 3.63) is 34.7 Å². The maximum absolute atomic E-state index is 6.28. The zero-order valence-corrected chi connectivity index (χ0v) is 11.9. The molecule has 0 radical (unpaired) electrons. The van der Waals surface area contributed by atoms with Crippen molar-refractivity contribution >= 4 is 29.1 Å². The molecule has 6 heteroatoms. The van der Waals surface area contributed by atoms with Crippen LogP contribution in [0.4, 0.5) is 5.69 Å². The molecule has 2 aromatic heterocycles. The van der Waals surface area contributed by atoms with Crippen LogP contribution in [0, 0.1) is 0 Å². The van der Waals surface area contributed by atoms with Crippen LogP contribution in [0.2, 0.25) is 5.02 Å². The van der Waals surface area contributed by atoms with Crippen molar-refractivity contribution in [2.45, 2.75) is 24.1 Å². The highest BCUT2D eigenvalue weighted by molar-refractivity contribution is 7.98. The third-order valence-corrected chi connectivity index (χ3v) is 4.01. The van der Waals surface area contributed by atoms with Gasteiger partial charge in [0.2, 0.25) is 0 Å². The van der Waals surface area contributed by atoms with Gasteiger partial charge < -0.3 is 5.73 Å². The number of nitrogens with zero attached hydrogens (tertiary/aromatic N) is 3. The molecular formula is C12H15ClN4S. The number of nitrogen functional groups attached to an aromatic ring is 1. The van der Waals surface area contributed by atoms with Crippen LogP contribution in [0.3, 0.4) is 0 Å². The number of nitrogens with two attached hydrogens (primary N) is 1. The molecule has 0 spiro atoms. The van der Waals surface area contributed by atoms with Gasteiger partial charge >= 0.3 is 0 Å². The van der Waals surface area contributed by atoms with Crippen LogP contribution in [0.15, 0.2) is 23.4 Å². The molecule has 0 fully saturated rings. The highest BCUT2D eigenvalue weighted by Crippen LogP contribution is 2.27. The molecule has 0 saturated carbocycles. The minimum atomic E-state index is 0.672. The number of halogens is 1. The Balaban J connectivity index is 2.10. The van der Waals surface area contributed by atoms with Crippen LogP contribution in [-0.4, -0.2) is 14.8 Å². The van der Waals surface area contributed by atoms with E-state index in [-0.39, 0.29) is 0 Å². The molecule has 0 unspecified atom stereocenters. The summed E-state index contributed by atoms with van der Waals surface area (Å²) in [5.74, 6) is 0.749. The fourth-order valence-corrected chi connectivity index (χ4v) is 2.94. The number of aryl methyl sites for hydroxylation is 2. The number of pyridine rings is 1. The van der Waals surface area contributed by atoms with Crippen LogP contribution < -0.4 is 5.73 Å². The Bertz CT molecular complexity index is 536. The van der Waals surface area contributed by atoms with Gasteiger partial charge in [0.15, 0.2) is 0 Å². The molecule has 2 N–H and O–H groups in total. The van der Waals surface area contributed by atoms with Gasteiger partial charge in [-0.2, -0.15) is 5.10 Å². The molecule has 0 aliphatic rings. The molecular weight excluding hydrogens is 268 g/mol. The van der Waals surface area contributed by atoms with Gasteiger partial charge in [0.05, 0.1) is 33.3 Å². The van der Waals surface area contributed by atoms with Crippen LogP contribution in [0.5, 0.6) is 0 Å². The summed E-state index contributed by atoms with van der Waals surface area (Å²) in [6, 6.07) is 3.75. The highest BCUT2D eigenvalue weighted by atomic mass is 35.5. The molecule has 0 aliphatic carbocycles. The zero-order chi connectivity index (χ0) is 13.1. The van der Waals surface area contributed by atoms with Crippen molar-refractivity contribution in [2.75, 3.05) is 5.73 Å². The second kappa shape index (κ2) is 5.63. The number of hydrogen-bond acceptors (Lipinski definition) is 4. The Morgan fingerprint density at radius 2 is 2.22 bits per heavy atom. The maximum Gasteiger partial charge on any atom is 0.0965 e. The van der Waals surface area contributed by atoms with Gasteiger partial charge in [-0.3, -0.25) is 4.68 Å². The molecule has 0 atom stereocenters. The Hall–Kier alpha value is -1.20. The van der Waals surface area contributed by atoms with Crippen molar-refractivity contribution in [1.82, 2.24) is 14.8 Å². The summed E-state index contributed by atoms with van der Waals surface area (Å²) >= 11 is 7.91. The van der Waals surface area contributed by atoms with Crippen molar-refractivity contribution in [2.24, 2.45) is 7.05 Å². The van der Waals surface area contributed by atoms with Gasteiger partial charge in [-0.05, 0) is 18.6 Å². The fraction of sp³-hybridized carbons (Fsp3) is 0.333. The molecule has 0 amide bonds. The van der Waals surface area contributed by atoms with E-state index in [0.29, 0.717) is 5.69 Å². The Labute approximate surface area is 116 Å². The van der Waals surface area contributed by atoms with Gasteiger partial charge in [0.25, 0.3) is 0 Å². The summed E-state index contributed by atoms with van der Waals surface area (Å²) in [5.41, 5.74) is 8.24. The molecule has 2 aromatic rings. The summed E-state index contributed by atoms with van der Waals surface area (Å²) in [5, 5.41) is 6.08. The van der Waals surface area contributed by atoms with Crippen LogP contribution >= 0.6 is 23.4 Å². The van der Waals surface area contributed by atoms with Gasteiger partial charge in [0.1, 0.15) is 0 Å². The van der Waals surface area contributed by atoms with E-state index in [1.807, 2.05) is 30.8 Å². The molecule has 2 heterocycles. The molecule has 0 bridgehead atoms. The molecule has 0 aromatic carbocycles. The van der Waals surface area contributed by atoms with E-state index in [9.17, 15) is 0 Å². The van der Waals surface area contributed by atoms with Crippen molar-refractivity contribution in [3.8, 4) is 0 Å². The smallest absolute Gasteiger partial charge is 0.0965 e. The quantitative estimate of drug-likeness (QED) is 0.876. The van der Waals surface area contributed by atoms with Gasteiger partial charge in [0, 0.05) is 12.8 Å². The van der Waals surface area contributed by atoms with E-state index in [1.165, 1.54) is 0 Å². The summed E-state index contributed by atoms with van der Waals surface area (Å²) in [6.45, 7) is 2.05. The molecule has 0 aliphatic heterocycles. The second-order valence-corrected chi connectivity index (χ2v) is 5.28. The van der Waals surface area contributed by atoms with Gasteiger partial charge in [-0.1, -0.05) is 30.3 Å². The number of aromatic nitrogens is 3. The lowest BCUT2D eigenvalue weighted by Gasteiger charge is -2.03. The lowest BCUT2D eigenvalue weighted by atomic mass is 10.3. The molecule has 18 heavy (non-hydrogen) atoms. The fourth-order valence-electron chi connectivity index (χ4n) is 1.60. The zero-order valence-electron chi connectivity index (χ0n) is 10.4. The van der Waals surface area contributed by atoms with Crippen LogP contribution in [0.25, 0.3) is 0 Å². The highest BCUT2D eigenvalue weighted by Gasteiger charge is 2.13. The third kappa shape index (κ3) is 2.79. The summed E-state index contributed by atoms with van der Waals surface area (Å²) in [7, 11) is 1.91. The first-order valence-electron chi connectivity index (χ1n) is 5.66. The topological polar surface area (TPSA) is 56.7 Å². The van der Waals surface area contributed by atoms with Crippen molar-refractivity contribution in [3.63, 3.8) is 0 Å². The maximum atomic E-state index is 6.28. The summed E-state index contributed by atoms with van der Waals surface area (Å²) in [4.78, 5) is 4.24. The lowest BCUT2D eigenvalue weighted by Crippen LogP contribution is -1.97. The van der Waals surface area contributed by atoms with E-state index in [4.69, 9.17) is 17.3 Å². The van der Waals surface area contributed by atoms with Crippen molar-refractivity contribution < 1.29 is 0 Å². The monoisotopic (exact) mass is 282 g/mol. The minimum absolute atomic E-state index is 0.672. The van der Waals surface area contributed by atoms with Crippen molar-refractivity contribution in [1.29, 1.82) is 0 Å². The summed E-state index contributed by atoms with van der Waals surface area (Å²) < 4.78 is 1.84. The first-order valence-corrected chi connectivity index (χ1v) is 7.02. The van der Waals surface area contributed by atoms with Gasteiger partial charge in [-0.15, -0.1) is 0 Å². The van der Waals surface area contributed by atoms with Gasteiger partial charge in [-0.25, -0.2) is 4.98 Å². The molecule has 4 nitrogen and oxygen atoms in total. The molecule has 96 valence electrons. The Morgan fingerprint density at radius 1 is 1.44 bits per heavy atom. The SMILES string of the molecule is CCc1nn(C)c(CSc2ccc(N)cn2)c1Cl. The predicted molar refractivity (Wildman–Crippen MR) is 75.8 cm³/mol. The predicted octanol–water partition coefficient (Wildman–Crippen LogP) is 2.91. The first-order chi connectivity index (χ1) is 8.61. The standard InChI is InChI=1S/C12H15ClN4S/c1-3-9-12(13)10(17(2)16-9)7-18-11-5-4-8(14)6-15-11/h4-6H,3,7,14H2,1-2H3. The van der Waals surface area contributed by atoms with E-state index < -0.39 is 0 Å². The number of hydrogen-bond donors (Lipinski definition) is 1. The second-order valence-electron chi connectivity index (χ2n) is 3.90.